The molecule has 3 aliphatic rings. The van der Waals surface area contributed by atoms with Gasteiger partial charge < -0.3 is 10.1 Å². The largest absolute Gasteiger partial charge is 0.476 e. The van der Waals surface area contributed by atoms with Crippen molar-refractivity contribution in [2.24, 2.45) is 11.8 Å². The molecule has 0 radical (unpaired) electrons. The highest BCUT2D eigenvalue weighted by molar-refractivity contribution is 7.92. The van der Waals surface area contributed by atoms with Gasteiger partial charge >= 0.3 is 0 Å². The summed E-state index contributed by atoms with van der Waals surface area (Å²) in [6.45, 7) is -0.0748. The van der Waals surface area contributed by atoms with Crippen LogP contribution >= 0.6 is 11.6 Å². The van der Waals surface area contributed by atoms with Gasteiger partial charge in [0.15, 0.2) is 6.10 Å². The number of para-hydroxylation sites is 2. The van der Waals surface area contributed by atoms with Crippen molar-refractivity contribution in [1.82, 2.24) is 5.32 Å². The van der Waals surface area contributed by atoms with E-state index in [1.807, 2.05) is 0 Å². The van der Waals surface area contributed by atoms with Crippen LogP contribution in [0.4, 0.5) is 5.69 Å². The average molecular weight is 447 g/mol. The summed E-state index contributed by atoms with van der Waals surface area (Å²) < 4.78 is 33.9. The molecule has 2 saturated carbocycles. The number of anilines is 1. The normalized spacial score (nSPS) is 27.4. The Labute approximate surface area is 181 Å². The van der Waals surface area contributed by atoms with Gasteiger partial charge in [-0.3, -0.25) is 9.10 Å². The molecule has 158 valence electrons. The number of carbonyl (C=O) groups excluding carboxylic acids is 1. The third kappa shape index (κ3) is 3.44. The zero-order valence-corrected chi connectivity index (χ0v) is 17.9. The Morgan fingerprint density at radius 2 is 1.83 bits per heavy atom. The first-order valence-corrected chi connectivity index (χ1v) is 12.1. The number of hydrogen-bond donors (Lipinski definition) is 1. The highest BCUT2D eigenvalue weighted by atomic mass is 35.5. The molecular formula is C22H23ClN2O4S. The second kappa shape index (κ2) is 7.46. The topological polar surface area (TPSA) is 75.7 Å². The van der Waals surface area contributed by atoms with Gasteiger partial charge in [0.25, 0.3) is 15.9 Å². The number of carbonyl (C=O) groups is 1. The number of halogens is 1. The van der Waals surface area contributed by atoms with E-state index >= 15 is 0 Å². The highest BCUT2D eigenvalue weighted by Crippen LogP contribution is 2.44. The van der Waals surface area contributed by atoms with E-state index in [2.05, 4.69) is 5.32 Å². The first-order chi connectivity index (χ1) is 14.4. The molecule has 0 aromatic heterocycles. The minimum Gasteiger partial charge on any atom is -0.476 e. The molecule has 0 saturated heterocycles. The maximum atomic E-state index is 13.4. The van der Waals surface area contributed by atoms with Crippen molar-refractivity contribution in [2.75, 3.05) is 10.8 Å². The molecule has 1 aliphatic heterocycles. The Kier molecular flexibility index (Phi) is 4.90. The Morgan fingerprint density at radius 1 is 1.07 bits per heavy atom. The first kappa shape index (κ1) is 19.7. The van der Waals surface area contributed by atoms with E-state index in [-0.39, 0.29) is 23.4 Å². The quantitative estimate of drug-likeness (QED) is 0.778. The average Bonchev–Trinajstić information content (AvgIpc) is 3.36. The van der Waals surface area contributed by atoms with E-state index in [0.717, 1.165) is 12.8 Å². The summed E-state index contributed by atoms with van der Waals surface area (Å²) in [6, 6.07) is 13.1. The van der Waals surface area contributed by atoms with Crippen molar-refractivity contribution < 1.29 is 17.9 Å². The number of nitrogens with zero attached hydrogens (tertiary/aromatic N) is 1. The molecule has 2 aliphatic carbocycles. The van der Waals surface area contributed by atoms with Crippen molar-refractivity contribution in [1.29, 1.82) is 0 Å². The zero-order valence-electron chi connectivity index (χ0n) is 16.3. The molecule has 6 nitrogen and oxygen atoms in total. The molecule has 2 aromatic rings. The van der Waals surface area contributed by atoms with E-state index in [9.17, 15) is 13.2 Å². The maximum absolute atomic E-state index is 13.4. The predicted molar refractivity (Wildman–Crippen MR) is 114 cm³/mol. The fourth-order valence-electron chi connectivity index (χ4n) is 5.00. The van der Waals surface area contributed by atoms with Crippen molar-refractivity contribution in [3.8, 4) is 5.75 Å². The standard InChI is InChI=1S/C22H23ClN2O4S/c23-16-7-9-17(10-8-16)30(27,28)25-13-21(29-20-4-2-1-3-19(20)25)22(26)24-18-12-14-5-6-15(18)11-14/h1-4,7-10,14-15,18,21H,5-6,11-13H2,(H,24,26). The van der Waals surface area contributed by atoms with Crippen LogP contribution in [-0.4, -0.2) is 33.0 Å². The molecule has 2 fully saturated rings. The van der Waals surface area contributed by atoms with E-state index in [4.69, 9.17) is 16.3 Å². The molecule has 1 N–H and O–H groups in total. The summed E-state index contributed by atoms with van der Waals surface area (Å²) in [5, 5.41) is 3.59. The highest BCUT2D eigenvalue weighted by Gasteiger charge is 2.43. The van der Waals surface area contributed by atoms with Crippen molar-refractivity contribution in [2.45, 2.75) is 42.7 Å². The summed E-state index contributed by atoms with van der Waals surface area (Å²) in [7, 11) is -3.88. The fraction of sp³-hybridized carbons (Fsp3) is 0.409. The molecule has 8 heteroatoms. The number of hydrogen-bond acceptors (Lipinski definition) is 4. The number of fused-ring (bicyclic) bond motifs is 3. The molecule has 2 aromatic carbocycles. The maximum Gasteiger partial charge on any atom is 0.264 e. The van der Waals surface area contributed by atoms with Crippen LogP contribution in [0.25, 0.3) is 0 Å². The van der Waals surface area contributed by atoms with E-state index in [1.165, 1.54) is 29.3 Å². The van der Waals surface area contributed by atoms with E-state index in [1.54, 1.807) is 36.4 Å². The molecular weight excluding hydrogens is 424 g/mol. The lowest BCUT2D eigenvalue weighted by Gasteiger charge is -2.35. The predicted octanol–water partition coefficient (Wildman–Crippen LogP) is 3.60. The Hall–Kier alpha value is -2.25. The van der Waals surface area contributed by atoms with Gasteiger partial charge in [-0.1, -0.05) is 30.2 Å². The van der Waals surface area contributed by atoms with Gasteiger partial charge in [-0.15, -0.1) is 0 Å². The lowest BCUT2D eigenvalue weighted by atomic mass is 9.95. The van der Waals surface area contributed by atoms with Gasteiger partial charge in [0.05, 0.1) is 17.1 Å². The molecule has 4 unspecified atom stereocenters. The van der Waals surface area contributed by atoms with Crippen LogP contribution in [0.1, 0.15) is 25.7 Å². The monoisotopic (exact) mass is 446 g/mol. The molecule has 5 rings (SSSR count). The SMILES string of the molecule is O=C(NC1CC2CCC1C2)C1CN(S(=O)(=O)c2ccc(Cl)cc2)c2ccccc2O1. The number of amides is 1. The van der Waals surface area contributed by atoms with Gasteiger partial charge in [-0.2, -0.15) is 0 Å². The lowest BCUT2D eigenvalue weighted by Crippen LogP contribution is -2.53. The third-order valence-electron chi connectivity index (χ3n) is 6.49. The minimum absolute atomic E-state index is 0.0748. The van der Waals surface area contributed by atoms with Crippen LogP contribution < -0.4 is 14.4 Å². The van der Waals surface area contributed by atoms with Gasteiger partial charge in [0.1, 0.15) is 5.75 Å². The summed E-state index contributed by atoms with van der Waals surface area (Å²) >= 11 is 5.92. The van der Waals surface area contributed by atoms with Crippen LogP contribution in [0.15, 0.2) is 53.4 Å². The van der Waals surface area contributed by atoms with Gasteiger partial charge in [-0.25, -0.2) is 8.42 Å². The minimum atomic E-state index is -3.88. The molecule has 0 spiro atoms. The third-order valence-corrected chi connectivity index (χ3v) is 8.54. The second-order valence-electron chi connectivity index (χ2n) is 8.35. The number of rotatable bonds is 4. The van der Waals surface area contributed by atoms with Gasteiger partial charge in [0.2, 0.25) is 0 Å². The number of ether oxygens (including phenoxy) is 1. The fourth-order valence-corrected chi connectivity index (χ4v) is 6.60. The summed E-state index contributed by atoms with van der Waals surface area (Å²) in [6.07, 6.45) is 3.68. The molecule has 1 heterocycles. The summed E-state index contributed by atoms with van der Waals surface area (Å²) in [5.74, 6) is 1.37. The smallest absolute Gasteiger partial charge is 0.264 e. The summed E-state index contributed by atoms with van der Waals surface area (Å²) in [4.78, 5) is 13.1. The van der Waals surface area contributed by atoms with Crippen LogP contribution in [0.2, 0.25) is 5.02 Å². The van der Waals surface area contributed by atoms with Gasteiger partial charge in [0, 0.05) is 11.1 Å². The first-order valence-electron chi connectivity index (χ1n) is 10.3. The van der Waals surface area contributed by atoms with Crippen molar-refractivity contribution >= 4 is 33.2 Å². The van der Waals surface area contributed by atoms with Crippen LogP contribution in [0.5, 0.6) is 5.75 Å². The van der Waals surface area contributed by atoms with Crippen LogP contribution in [0.3, 0.4) is 0 Å². The molecule has 1 amide bonds. The van der Waals surface area contributed by atoms with Crippen molar-refractivity contribution in [3.05, 3.63) is 53.6 Å². The van der Waals surface area contributed by atoms with Crippen molar-refractivity contribution in [3.63, 3.8) is 0 Å². The molecule has 2 bridgehead atoms. The number of benzene rings is 2. The Morgan fingerprint density at radius 3 is 2.53 bits per heavy atom. The Balaban J connectivity index is 1.42. The lowest BCUT2D eigenvalue weighted by molar-refractivity contribution is -0.128. The number of sulfonamides is 1. The van der Waals surface area contributed by atoms with E-state index in [0.29, 0.717) is 28.3 Å². The molecule has 4 atom stereocenters. The Bertz CT molecular complexity index is 1070. The number of nitrogens with one attached hydrogen (secondary N) is 1. The summed E-state index contributed by atoms with van der Waals surface area (Å²) in [5.41, 5.74) is 0.427. The second-order valence-corrected chi connectivity index (χ2v) is 10.7. The van der Waals surface area contributed by atoms with Crippen LogP contribution in [-0.2, 0) is 14.8 Å². The zero-order chi connectivity index (χ0) is 20.9. The van der Waals surface area contributed by atoms with Gasteiger partial charge in [-0.05, 0) is 67.5 Å². The van der Waals surface area contributed by atoms with E-state index < -0.39 is 16.1 Å². The van der Waals surface area contributed by atoms with Crippen LogP contribution in [0, 0.1) is 11.8 Å². The molecule has 30 heavy (non-hydrogen) atoms.